The van der Waals surface area contributed by atoms with Gasteiger partial charge in [-0.05, 0) is 44.4 Å². The van der Waals surface area contributed by atoms with Gasteiger partial charge in [-0.1, -0.05) is 29.8 Å². The van der Waals surface area contributed by atoms with Gasteiger partial charge in [-0.25, -0.2) is 0 Å². The van der Waals surface area contributed by atoms with Crippen molar-refractivity contribution in [3.8, 4) is 5.75 Å². The molecule has 2 aromatic rings. The third-order valence-electron chi connectivity index (χ3n) is 4.14. The largest absolute Gasteiger partial charge is 0.496 e. The minimum Gasteiger partial charge on any atom is -0.496 e. The van der Waals surface area contributed by atoms with Crippen LogP contribution >= 0.6 is 0 Å². The summed E-state index contributed by atoms with van der Waals surface area (Å²) in [5, 5.41) is 4.19. The van der Waals surface area contributed by atoms with Crippen LogP contribution in [0.4, 0.5) is 0 Å². The zero-order valence-electron chi connectivity index (χ0n) is 13.7. The summed E-state index contributed by atoms with van der Waals surface area (Å²) >= 11 is 0. The average molecular weight is 344 g/mol. The van der Waals surface area contributed by atoms with Gasteiger partial charge in [0.05, 0.1) is 17.7 Å². The molecule has 0 saturated carbocycles. The maximum Gasteiger partial charge on any atom is 0.276 e. The van der Waals surface area contributed by atoms with E-state index < -0.39 is 10.0 Å². The van der Waals surface area contributed by atoms with Crippen LogP contribution in [0.15, 0.2) is 52.5 Å². The lowest BCUT2D eigenvalue weighted by atomic mass is 9.89. The zero-order chi connectivity index (χ0) is 17.2. The SMILES string of the molecule is COc1cccc2c1CCC/C2=N/NS(=O)(=O)c1ccc(C)cc1. The molecule has 1 aliphatic rings. The van der Waals surface area contributed by atoms with Gasteiger partial charge in [0.1, 0.15) is 5.75 Å². The lowest BCUT2D eigenvalue weighted by molar-refractivity contribution is 0.408. The summed E-state index contributed by atoms with van der Waals surface area (Å²) < 4.78 is 30.1. The first-order valence-electron chi connectivity index (χ1n) is 7.82. The molecule has 2 aromatic carbocycles. The molecule has 0 spiro atoms. The summed E-state index contributed by atoms with van der Waals surface area (Å²) in [7, 11) is -2.02. The number of methoxy groups -OCH3 is 1. The van der Waals surface area contributed by atoms with Crippen molar-refractivity contribution in [2.24, 2.45) is 5.10 Å². The predicted molar refractivity (Wildman–Crippen MR) is 94.0 cm³/mol. The molecule has 0 aliphatic heterocycles. The van der Waals surface area contributed by atoms with Gasteiger partial charge in [-0.2, -0.15) is 18.4 Å². The second kappa shape index (κ2) is 6.65. The molecule has 5 nitrogen and oxygen atoms in total. The molecule has 0 unspecified atom stereocenters. The van der Waals surface area contributed by atoms with E-state index in [1.165, 1.54) is 0 Å². The van der Waals surface area contributed by atoms with E-state index in [9.17, 15) is 8.42 Å². The Morgan fingerprint density at radius 2 is 1.83 bits per heavy atom. The highest BCUT2D eigenvalue weighted by Crippen LogP contribution is 2.29. The number of aryl methyl sites for hydroxylation is 1. The maximum atomic E-state index is 12.4. The molecule has 0 saturated heterocycles. The number of benzene rings is 2. The average Bonchev–Trinajstić information content (AvgIpc) is 2.59. The van der Waals surface area contributed by atoms with E-state index >= 15 is 0 Å². The number of nitrogens with zero attached hydrogens (tertiary/aromatic N) is 1. The maximum absolute atomic E-state index is 12.4. The molecule has 0 bridgehead atoms. The van der Waals surface area contributed by atoms with Crippen molar-refractivity contribution in [3.05, 3.63) is 59.2 Å². The number of sulfonamides is 1. The van der Waals surface area contributed by atoms with Gasteiger partial charge in [0.25, 0.3) is 10.0 Å². The second-order valence-corrected chi connectivity index (χ2v) is 7.47. The summed E-state index contributed by atoms with van der Waals surface area (Å²) in [5.74, 6) is 0.821. The number of hydrogen-bond acceptors (Lipinski definition) is 4. The summed E-state index contributed by atoms with van der Waals surface area (Å²) in [6, 6.07) is 12.5. The molecular weight excluding hydrogens is 324 g/mol. The van der Waals surface area contributed by atoms with Crippen LogP contribution in [0, 0.1) is 6.92 Å². The highest BCUT2D eigenvalue weighted by molar-refractivity contribution is 7.89. The fourth-order valence-corrected chi connectivity index (χ4v) is 3.68. The van der Waals surface area contributed by atoms with Crippen molar-refractivity contribution in [2.75, 3.05) is 7.11 Å². The number of ether oxygens (including phenoxy) is 1. The third-order valence-corrected chi connectivity index (χ3v) is 5.36. The molecule has 0 aromatic heterocycles. The van der Waals surface area contributed by atoms with Gasteiger partial charge in [0, 0.05) is 11.1 Å². The molecule has 0 heterocycles. The van der Waals surface area contributed by atoms with E-state index in [2.05, 4.69) is 9.93 Å². The number of rotatable bonds is 4. The van der Waals surface area contributed by atoms with E-state index in [1.807, 2.05) is 25.1 Å². The smallest absolute Gasteiger partial charge is 0.276 e. The number of hydrogen-bond donors (Lipinski definition) is 1. The van der Waals surface area contributed by atoms with E-state index in [0.717, 1.165) is 47.4 Å². The van der Waals surface area contributed by atoms with E-state index in [0.29, 0.717) is 0 Å². The monoisotopic (exact) mass is 344 g/mol. The van der Waals surface area contributed by atoms with Crippen molar-refractivity contribution in [1.29, 1.82) is 0 Å². The Morgan fingerprint density at radius 3 is 2.54 bits per heavy atom. The molecule has 6 heteroatoms. The van der Waals surface area contributed by atoms with Crippen LogP contribution in [-0.2, 0) is 16.4 Å². The van der Waals surface area contributed by atoms with Gasteiger partial charge in [0.15, 0.2) is 0 Å². The molecule has 126 valence electrons. The first kappa shape index (κ1) is 16.5. The van der Waals surface area contributed by atoms with Gasteiger partial charge in [-0.15, -0.1) is 0 Å². The number of fused-ring (bicyclic) bond motifs is 1. The summed E-state index contributed by atoms with van der Waals surface area (Å²) in [4.78, 5) is 2.57. The Labute approximate surface area is 142 Å². The lowest BCUT2D eigenvalue weighted by Gasteiger charge is -2.20. The van der Waals surface area contributed by atoms with Crippen LogP contribution in [0.2, 0.25) is 0 Å². The summed E-state index contributed by atoms with van der Waals surface area (Å²) in [6.45, 7) is 1.91. The Kier molecular flexibility index (Phi) is 4.57. The lowest BCUT2D eigenvalue weighted by Crippen LogP contribution is -2.22. The Hall–Kier alpha value is -2.34. The molecular formula is C18H20N2O3S. The molecule has 3 rings (SSSR count). The van der Waals surface area contributed by atoms with Gasteiger partial charge >= 0.3 is 0 Å². The van der Waals surface area contributed by atoms with E-state index in [4.69, 9.17) is 4.74 Å². The molecule has 1 aliphatic carbocycles. The van der Waals surface area contributed by atoms with Crippen LogP contribution in [0.1, 0.15) is 29.5 Å². The van der Waals surface area contributed by atoms with Crippen molar-refractivity contribution in [1.82, 2.24) is 4.83 Å². The minimum atomic E-state index is -3.66. The predicted octanol–water partition coefficient (Wildman–Crippen LogP) is 3.02. The highest BCUT2D eigenvalue weighted by atomic mass is 32.2. The quantitative estimate of drug-likeness (QED) is 0.867. The summed E-state index contributed by atoms with van der Waals surface area (Å²) in [6.07, 6.45) is 2.55. The van der Waals surface area contributed by atoms with Crippen LogP contribution < -0.4 is 9.57 Å². The van der Waals surface area contributed by atoms with Crippen LogP contribution in [0.25, 0.3) is 0 Å². The molecule has 0 fully saturated rings. The second-order valence-electron chi connectivity index (χ2n) is 5.81. The van der Waals surface area contributed by atoms with E-state index in [-0.39, 0.29) is 4.90 Å². The van der Waals surface area contributed by atoms with Crippen LogP contribution in [0.3, 0.4) is 0 Å². The molecule has 0 radical (unpaired) electrons. The Balaban J connectivity index is 1.90. The molecule has 0 atom stereocenters. The Morgan fingerprint density at radius 1 is 1.08 bits per heavy atom. The normalized spacial score (nSPS) is 15.8. The number of nitrogens with one attached hydrogen (secondary N) is 1. The first-order chi connectivity index (χ1) is 11.5. The van der Waals surface area contributed by atoms with Crippen molar-refractivity contribution in [2.45, 2.75) is 31.1 Å². The molecule has 1 N–H and O–H groups in total. The zero-order valence-corrected chi connectivity index (χ0v) is 14.6. The Bertz CT molecular complexity index is 872. The fraction of sp³-hybridized carbons (Fsp3) is 0.278. The third kappa shape index (κ3) is 3.28. The highest BCUT2D eigenvalue weighted by Gasteiger charge is 2.20. The molecule has 0 amide bonds. The van der Waals surface area contributed by atoms with Crippen molar-refractivity contribution in [3.63, 3.8) is 0 Å². The van der Waals surface area contributed by atoms with Crippen molar-refractivity contribution < 1.29 is 13.2 Å². The van der Waals surface area contributed by atoms with Gasteiger partial charge < -0.3 is 4.74 Å². The van der Waals surface area contributed by atoms with Crippen LogP contribution in [-0.4, -0.2) is 21.2 Å². The molecule has 24 heavy (non-hydrogen) atoms. The fourth-order valence-electron chi connectivity index (χ4n) is 2.85. The van der Waals surface area contributed by atoms with Gasteiger partial charge in [-0.3, -0.25) is 0 Å². The first-order valence-corrected chi connectivity index (χ1v) is 9.31. The minimum absolute atomic E-state index is 0.208. The van der Waals surface area contributed by atoms with Crippen LogP contribution in [0.5, 0.6) is 5.75 Å². The van der Waals surface area contributed by atoms with Crippen molar-refractivity contribution >= 4 is 15.7 Å². The summed E-state index contributed by atoms with van der Waals surface area (Å²) in [5.41, 5.74) is 3.78. The number of hydrazone groups is 1. The van der Waals surface area contributed by atoms with E-state index in [1.54, 1.807) is 31.4 Å². The standard InChI is InChI=1S/C18H20N2O3S/c1-13-9-11-14(12-10-13)24(21,22)20-19-17-7-3-6-16-15(17)5-4-8-18(16)23-2/h4-5,8-12,20H,3,6-7H2,1-2H3/b19-17-. The van der Waals surface area contributed by atoms with Gasteiger partial charge in [0.2, 0.25) is 0 Å². The topological polar surface area (TPSA) is 67.8 Å².